The minimum absolute atomic E-state index is 0.219. The molecule has 3 aromatic carbocycles. The Hall–Kier alpha value is -2.85. The fraction of sp³-hybridized carbons (Fsp3) is 0.143. The summed E-state index contributed by atoms with van der Waals surface area (Å²) < 4.78 is 25.1. The fourth-order valence-corrected chi connectivity index (χ4v) is 2.45. The highest BCUT2D eigenvalue weighted by atomic mass is 19.1. The highest BCUT2D eigenvalue weighted by Crippen LogP contribution is 2.27. The Kier molecular flexibility index (Phi) is 5.65. The van der Waals surface area contributed by atoms with Crippen LogP contribution in [0.4, 0.5) is 4.39 Å². The third kappa shape index (κ3) is 4.58. The van der Waals surface area contributed by atoms with E-state index in [1.807, 2.05) is 60.7 Å². The van der Waals surface area contributed by atoms with E-state index >= 15 is 0 Å². The first-order chi connectivity index (χ1) is 12.3. The normalized spacial score (nSPS) is 10.5. The van der Waals surface area contributed by atoms with Gasteiger partial charge >= 0.3 is 0 Å². The predicted octanol–water partition coefficient (Wildman–Crippen LogP) is 4.41. The fourth-order valence-electron chi connectivity index (χ4n) is 2.45. The molecule has 0 fully saturated rings. The van der Waals surface area contributed by atoms with E-state index < -0.39 is 5.82 Å². The second-order valence-electron chi connectivity index (χ2n) is 5.58. The molecule has 3 rings (SSSR count). The van der Waals surface area contributed by atoms with Crippen molar-refractivity contribution in [2.24, 2.45) is 5.73 Å². The third-order valence-electron chi connectivity index (χ3n) is 3.74. The molecule has 0 aliphatic heterocycles. The smallest absolute Gasteiger partial charge is 0.165 e. The number of benzene rings is 3. The third-order valence-corrected chi connectivity index (χ3v) is 3.74. The number of ether oxygens (including phenoxy) is 2. The lowest BCUT2D eigenvalue weighted by Gasteiger charge is -2.09. The van der Waals surface area contributed by atoms with Crippen molar-refractivity contribution in [3.8, 4) is 22.6 Å². The van der Waals surface area contributed by atoms with Gasteiger partial charge in [-0.1, -0.05) is 48.5 Å². The van der Waals surface area contributed by atoms with E-state index in [0.29, 0.717) is 19.8 Å². The van der Waals surface area contributed by atoms with Crippen LogP contribution in [0.25, 0.3) is 11.1 Å². The van der Waals surface area contributed by atoms with Crippen LogP contribution in [0.1, 0.15) is 5.56 Å². The molecule has 0 aromatic heterocycles. The molecule has 0 unspecified atom stereocenters. The van der Waals surface area contributed by atoms with Gasteiger partial charge in [0.25, 0.3) is 0 Å². The van der Waals surface area contributed by atoms with Gasteiger partial charge < -0.3 is 15.2 Å². The number of nitrogens with two attached hydrogens (primary N) is 1. The molecule has 0 atom stereocenters. The maximum absolute atomic E-state index is 14.1. The lowest BCUT2D eigenvalue weighted by molar-refractivity contribution is 0.306. The van der Waals surface area contributed by atoms with Crippen molar-refractivity contribution < 1.29 is 13.9 Å². The van der Waals surface area contributed by atoms with Crippen molar-refractivity contribution in [1.82, 2.24) is 0 Å². The molecule has 0 saturated heterocycles. The molecule has 2 N–H and O–H groups in total. The minimum atomic E-state index is -0.393. The second kappa shape index (κ2) is 8.31. The number of halogens is 1. The van der Waals surface area contributed by atoms with Crippen molar-refractivity contribution in [3.05, 3.63) is 84.2 Å². The van der Waals surface area contributed by atoms with Crippen LogP contribution in [0.15, 0.2) is 72.8 Å². The highest BCUT2D eigenvalue weighted by molar-refractivity contribution is 5.65. The van der Waals surface area contributed by atoms with Gasteiger partial charge in [-0.2, -0.15) is 0 Å². The van der Waals surface area contributed by atoms with Gasteiger partial charge in [-0.3, -0.25) is 0 Å². The summed E-state index contributed by atoms with van der Waals surface area (Å²) in [6.45, 7) is 1.16. The lowest BCUT2D eigenvalue weighted by atomic mass is 10.1. The average molecular weight is 337 g/mol. The molecule has 128 valence electrons. The minimum Gasteiger partial charge on any atom is -0.489 e. The Morgan fingerprint density at radius 1 is 0.800 bits per heavy atom. The molecular formula is C21H20FNO2. The first-order valence-corrected chi connectivity index (χ1v) is 8.16. The van der Waals surface area contributed by atoms with Crippen LogP contribution in [0, 0.1) is 5.82 Å². The van der Waals surface area contributed by atoms with Gasteiger partial charge in [0.2, 0.25) is 0 Å². The molecule has 3 aromatic rings. The zero-order chi connectivity index (χ0) is 17.5. The van der Waals surface area contributed by atoms with E-state index in [0.717, 1.165) is 22.4 Å². The summed E-state index contributed by atoms with van der Waals surface area (Å²) in [6.07, 6.45) is 0. The van der Waals surface area contributed by atoms with E-state index in [2.05, 4.69) is 0 Å². The van der Waals surface area contributed by atoms with Crippen LogP contribution >= 0.6 is 0 Å². The molecule has 0 saturated carbocycles. The molecule has 3 nitrogen and oxygen atoms in total. The largest absolute Gasteiger partial charge is 0.489 e. The van der Waals surface area contributed by atoms with Gasteiger partial charge in [0.05, 0.1) is 0 Å². The molecule has 4 heteroatoms. The van der Waals surface area contributed by atoms with Crippen LogP contribution in [0.2, 0.25) is 0 Å². The zero-order valence-electron chi connectivity index (χ0n) is 13.8. The summed E-state index contributed by atoms with van der Waals surface area (Å²) in [5.74, 6) is 0.600. The van der Waals surface area contributed by atoms with Crippen molar-refractivity contribution in [3.63, 3.8) is 0 Å². The first-order valence-electron chi connectivity index (χ1n) is 8.16. The molecular weight excluding hydrogens is 317 g/mol. The zero-order valence-corrected chi connectivity index (χ0v) is 13.8. The van der Waals surface area contributed by atoms with Gasteiger partial charge in [0, 0.05) is 6.54 Å². The standard InChI is InChI=1S/C21H20FNO2/c22-20-14-18(8-11-21(20)24-13-12-23)17-6-9-19(10-7-17)25-15-16-4-2-1-3-5-16/h1-11,14H,12-13,15,23H2. The van der Waals surface area contributed by atoms with E-state index in [-0.39, 0.29) is 5.75 Å². The quantitative estimate of drug-likeness (QED) is 0.694. The molecule has 0 amide bonds. The van der Waals surface area contributed by atoms with Crippen molar-refractivity contribution in [2.45, 2.75) is 6.61 Å². The van der Waals surface area contributed by atoms with E-state index in [1.54, 1.807) is 6.07 Å². The van der Waals surface area contributed by atoms with Gasteiger partial charge in [0.1, 0.15) is 19.0 Å². The summed E-state index contributed by atoms with van der Waals surface area (Å²) in [5, 5.41) is 0. The van der Waals surface area contributed by atoms with Crippen LogP contribution in [-0.2, 0) is 6.61 Å². The molecule has 0 radical (unpaired) electrons. The van der Waals surface area contributed by atoms with Gasteiger partial charge in [-0.15, -0.1) is 0 Å². The van der Waals surface area contributed by atoms with E-state index in [9.17, 15) is 4.39 Å². The molecule has 0 bridgehead atoms. The number of rotatable bonds is 7. The van der Waals surface area contributed by atoms with Crippen LogP contribution < -0.4 is 15.2 Å². The maximum atomic E-state index is 14.1. The topological polar surface area (TPSA) is 44.5 Å². The number of hydrogen-bond acceptors (Lipinski definition) is 3. The first kappa shape index (κ1) is 17.0. The monoisotopic (exact) mass is 337 g/mol. The molecule has 0 heterocycles. The van der Waals surface area contributed by atoms with Crippen molar-refractivity contribution in [2.75, 3.05) is 13.2 Å². The van der Waals surface area contributed by atoms with Gasteiger partial charge in [-0.05, 0) is 41.0 Å². The molecule has 0 aliphatic carbocycles. The Bertz CT molecular complexity index is 804. The summed E-state index contributed by atoms with van der Waals surface area (Å²) >= 11 is 0. The summed E-state index contributed by atoms with van der Waals surface area (Å²) in [6, 6.07) is 22.5. The molecule has 25 heavy (non-hydrogen) atoms. The molecule has 0 spiro atoms. The predicted molar refractivity (Wildman–Crippen MR) is 97.2 cm³/mol. The van der Waals surface area contributed by atoms with Crippen molar-refractivity contribution in [1.29, 1.82) is 0 Å². The van der Waals surface area contributed by atoms with Gasteiger partial charge in [-0.25, -0.2) is 4.39 Å². The highest BCUT2D eigenvalue weighted by Gasteiger charge is 2.06. The SMILES string of the molecule is NCCOc1ccc(-c2ccc(OCc3ccccc3)cc2)cc1F. The van der Waals surface area contributed by atoms with E-state index in [4.69, 9.17) is 15.2 Å². The van der Waals surface area contributed by atoms with Gasteiger partial charge in [0.15, 0.2) is 11.6 Å². The number of hydrogen-bond donors (Lipinski definition) is 1. The van der Waals surface area contributed by atoms with E-state index in [1.165, 1.54) is 6.07 Å². The second-order valence-corrected chi connectivity index (χ2v) is 5.58. The summed E-state index contributed by atoms with van der Waals surface area (Å²) in [7, 11) is 0. The summed E-state index contributed by atoms with van der Waals surface area (Å²) in [5.41, 5.74) is 8.17. The Morgan fingerprint density at radius 3 is 2.20 bits per heavy atom. The van der Waals surface area contributed by atoms with Crippen LogP contribution in [-0.4, -0.2) is 13.2 Å². The van der Waals surface area contributed by atoms with Crippen LogP contribution in [0.3, 0.4) is 0 Å². The average Bonchev–Trinajstić information content (AvgIpc) is 2.67. The Labute approximate surface area is 146 Å². The summed E-state index contributed by atoms with van der Waals surface area (Å²) in [4.78, 5) is 0. The molecule has 0 aliphatic rings. The Balaban J connectivity index is 1.66. The van der Waals surface area contributed by atoms with Crippen LogP contribution in [0.5, 0.6) is 11.5 Å². The lowest BCUT2D eigenvalue weighted by Crippen LogP contribution is -2.11. The Morgan fingerprint density at radius 2 is 1.52 bits per heavy atom. The van der Waals surface area contributed by atoms with Crippen molar-refractivity contribution >= 4 is 0 Å². The maximum Gasteiger partial charge on any atom is 0.165 e.